The predicted octanol–water partition coefficient (Wildman–Crippen LogP) is 3.90. The van der Waals surface area contributed by atoms with Crippen LogP contribution in [0.2, 0.25) is 0 Å². The number of azo groups is 1. The number of hydrogen-bond acceptors (Lipinski definition) is 3. The summed E-state index contributed by atoms with van der Waals surface area (Å²) in [6, 6.07) is 7.67. The molecule has 1 aromatic carbocycles. The van der Waals surface area contributed by atoms with Gasteiger partial charge >= 0.3 is 0 Å². The predicted molar refractivity (Wildman–Crippen MR) is 89.2 cm³/mol. The van der Waals surface area contributed by atoms with E-state index in [4.69, 9.17) is 12.2 Å². The summed E-state index contributed by atoms with van der Waals surface area (Å²) >= 11 is 5.07. The number of fused-ring (bicyclic) bond motifs is 1. The van der Waals surface area contributed by atoms with Crippen molar-refractivity contribution in [3.05, 3.63) is 36.4 Å². The number of hydrogen-bond donors (Lipinski definition) is 2. The average molecular weight is 302 g/mol. The number of nitrogens with one attached hydrogen (secondary N) is 1. The number of thiocarbonyl (C=S) groups is 1. The lowest BCUT2D eigenvalue weighted by Crippen LogP contribution is -2.20. The zero-order valence-electron chi connectivity index (χ0n) is 12.1. The zero-order valence-corrected chi connectivity index (χ0v) is 12.9. The van der Waals surface area contributed by atoms with Crippen LogP contribution in [0.1, 0.15) is 13.8 Å². The molecular weight excluding hydrogens is 284 g/mol. The Hall–Kier alpha value is -2.21. The van der Waals surface area contributed by atoms with Gasteiger partial charge in [-0.3, -0.25) is 0 Å². The van der Waals surface area contributed by atoms with Crippen LogP contribution in [0.25, 0.3) is 10.9 Å². The molecule has 0 bridgehead atoms. The molecule has 2 N–H and O–H groups in total. The van der Waals surface area contributed by atoms with Crippen molar-refractivity contribution < 1.29 is 5.11 Å². The third-order valence-electron chi connectivity index (χ3n) is 3.02. The first-order chi connectivity index (χ1) is 10.0. The summed E-state index contributed by atoms with van der Waals surface area (Å²) in [4.78, 5) is 0. The van der Waals surface area contributed by atoms with Gasteiger partial charge in [0.1, 0.15) is 0 Å². The zero-order chi connectivity index (χ0) is 15.4. The highest BCUT2D eigenvalue weighted by molar-refractivity contribution is 7.80. The lowest BCUT2D eigenvalue weighted by molar-refractivity contribution is 0.427. The Balaban J connectivity index is 2.32. The van der Waals surface area contributed by atoms with Crippen molar-refractivity contribution in [1.29, 1.82) is 0 Å². The number of benzene rings is 1. The first-order valence-corrected chi connectivity index (χ1v) is 7.09. The molecule has 0 amide bonds. The minimum atomic E-state index is 0.102. The maximum absolute atomic E-state index is 10.3. The van der Waals surface area contributed by atoms with E-state index in [1.54, 1.807) is 4.57 Å². The molecule has 2 rings (SSSR count). The van der Waals surface area contributed by atoms with E-state index in [0.29, 0.717) is 18.8 Å². The number of aromatic nitrogens is 1. The SMILES string of the molecule is C=C(C)CNC(=S)N=Nc1c(O)n(CC)c2ccccc12. The summed E-state index contributed by atoms with van der Waals surface area (Å²) < 4.78 is 1.79. The highest BCUT2D eigenvalue weighted by Gasteiger charge is 2.14. The average Bonchev–Trinajstić information content (AvgIpc) is 2.74. The summed E-state index contributed by atoms with van der Waals surface area (Å²) in [5, 5.41) is 22.4. The topological polar surface area (TPSA) is 61.9 Å². The maximum atomic E-state index is 10.3. The molecule has 0 atom stereocenters. The number of aromatic hydroxyl groups is 1. The molecular formula is C15H18N4OS. The second-order valence-corrected chi connectivity index (χ2v) is 5.14. The largest absolute Gasteiger partial charge is 0.493 e. The summed E-state index contributed by atoms with van der Waals surface area (Å²) in [6.07, 6.45) is 0. The standard InChI is InChI=1S/C15H18N4OS/c1-4-19-12-8-6-5-7-11(12)13(14(19)20)17-18-15(21)16-9-10(2)3/h5-8,20H,2,4,9H2,1,3H3,(H,16,21). The van der Waals surface area contributed by atoms with Crippen molar-refractivity contribution in [2.75, 3.05) is 6.54 Å². The maximum Gasteiger partial charge on any atom is 0.220 e. The highest BCUT2D eigenvalue weighted by atomic mass is 32.1. The summed E-state index contributed by atoms with van der Waals surface area (Å²) in [5.74, 6) is 0.102. The van der Waals surface area contributed by atoms with Crippen molar-refractivity contribution in [2.45, 2.75) is 20.4 Å². The molecule has 5 nitrogen and oxygen atoms in total. The minimum Gasteiger partial charge on any atom is -0.493 e. The lowest BCUT2D eigenvalue weighted by atomic mass is 10.2. The first-order valence-electron chi connectivity index (χ1n) is 6.68. The van der Waals surface area contributed by atoms with Gasteiger partial charge in [-0.05, 0) is 32.1 Å². The monoisotopic (exact) mass is 302 g/mol. The van der Waals surface area contributed by atoms with Gasteiger partial charge in [-0.2, -0.15) is 0 Å². The molecule has 0 aliphatic heterocycles. The highest BCUT2D eigenvalue weighted by Crippen LogP contribution is 2.38. The van der Waals surface area contributed by atoms with Gasteiger partial charge in [0.15, 0.2) is 5.69 Å². The van der Waals surface area contributed by atoms with Crippen LogP contribution >= 0.6 is 12.2 Å². The molecule has 0 saturated carbocycles. The Morgan fingerprint density at radius 1 is 1.43 bits per heavy atom. The molecule has 0 unspecified atom stereocenters. The van der Waals surface area contributed by atoms with Crippen molar-refractivity contribution >= 4 is 33.9 Å². The van der Waals surface area contributed by atoms with Crippen molar-refractivity contribution in [3.8, 4) is 5.88 Å². The molecule has 6 heteroatoms. The van der Waals surface area contributed by atoms with Gasteiger partial charge in [0.05, 0.1) is 5.52 Å². The molecule has 0 spiro atoms. The van der Waals surface area contributed by atoms with E-state index in [1.807, 2.05) is 38.1 Å². The Labute approximate surface area is 129 Å². The number of para-hydroxylation sites is 1. The quantitative estimate of drug-likeness (QED) is 0.511. The lowest BCUT2D eigenvalue weighted by Gasteiger charge is -2.01. The van der Waals surface area contributed by atoms with E-state index in [1.165, 1.54) is 0 Å². The van der Waals surface area contributed by atoms with Crippen molar-refractivity contribution in [3.63, 3.8) is 0 Å². The molecule has 2 aromatic rings. The fourth-order valence-electron chi connectivity index (χ4n) is 2.05. The Morgan fingerprint density at radius 3 is 2.81 bits per heavy atom. The summed E-state index contributed by atoms with van der Waals surface area (Å²) in [6.45, 7) is 8.85. The fourth-order valence-corrected chi connectivity index (χ4v) is 2.16. The molecule has 110 valence electrons. The molecule has 0 aliphatic rings. The van der Waals surface area contributed by atoms with Crippen LogP contribution in [0.4, 0.5) is 5.69 Å². The third-order valence-corrected chi connectivity index (χ3v) is 3.24. The van der Waals surface area contributed by atoms with Crippen LogP contribution in [0, 0.1) is 0 Å². The van der Waals surface area contributed by atoms with Crippen LogP contribution in [-0.4, -0.2) is 21.3 Å². The first kappa shape index (κ1) is 15.2. The molecule has 21 heavy (non-hydrogen) atoms. The number of aryl methyl sites for hydroxylation is 1. The summed E-state index contributed by atoms with van der Waals surface area (Å²) in [7, 11) is 0. The van der Waals surface area contributed by atoms with Gasteiger partial charge in [0.2, 0.25) is 11.0 Å². The van der Waals surface area contributed by atoms with E-state index in [0.717, 1.165) is 16.5 Å². The smallest absolute Gasteiger partial charge is 0.220 e. The van der Waals surface area contributed by atoms with E-state index in [2.05, 4.69) is 22.1 Å². The van der Waals surface area contributed by atoms with Crippen LogP contribution in [0.3, 0.4) is 0 Å². The normalized spacial score (nSPS) is 11.1. The van der Waals surface area contributed by atoms with Gasteiger partial charge in [-0.15, -0.1) is 10.2 Å². The Morgan fingerprint density at radius 2 is 2.14 bits per heavy atom. The van der Waals surface area contributed by atoms with Crippen molar-refractivity contribution in [2.24, 2.45) is 10.2 Å². The Kier molecular flexibility index (Phi) is 4.70. The van der Waals surface area contributed by atoms with E-state index >= 15 is 0 Å². The van der Waals surface area contributed by atoms with Crippen LogP contribution in [0.15, 0.2) is 46.6 Å². The molecule has 1 heterocycles. The third kappa shape index (κ3) is 3.28. The van der Waals surface area contributed by atoms with Gasteiger partial charge in [0.25, 0.3) is 0 Å². The number of nitrogens with zero attached hydrogens (tertiary/aromatic N) is 3. The van der Waals surface area contributed by atoms with Crippen LogP contribution < -0.4 is 5.32 Å². The fraction of sp³-hybridized carbons (Fsp3) is 0.267. The van der Waals surface area contributed by atoms with E-state index in [9.17, 15) is 5.11 Å². The second-order valence-electron chi connectivity index (χ2n) is 4.75. The molecule has 0 saturated heterocycles. The minimum absolute atomic E-state index is 0.102. The van der Waals surface area contributed by atoms with Gasteiger partial charge in [-0.1, -0.05) is 30.4 Å². The van der Waals surface area contributed by atoms with Gasteiger partial charge < -0.3 is 15.0 Å². The molecule has 0 fully saturated rings. The van der Waals surface area contributed by atoms with Gasteiger partial charge in [0, 0.05) is 18.5 Å². The summed E-state index contributed by atoms with van der Waals surface area (Å²) in [5.41, 5.74) is 2.32. The molecule has 0 radical (unpaired) electrons. The van der Waals surface area contributed by atoms with Crippen LogP contribution in [-0.2, 0) is 6.54 Å². The molecule has 0 aliphatic carbocycles. The molecule has 1 aromatic heterocycles. The Bertz CT molecular complexity index is 718. The van der Waals surface area contributed by atoms with Crippen LogP contribution in [0.5, 0.6) is 5.88 Å². The second kappa shape index (κ2) is 6.49. The van der Waals surface area contributed by atoms with Gasteiger partial charge in [-0.25, -0.2) is 0 Å². The van der Waals surface area contributed by atoms with Crippen molar-refractivity contribution in [1.82, 2.24) is 9.88 Å². The number of rotatable bonds is 4. The van der Waals surface area contributed by atoms with E-state index < -0.39 is 0 Å². The van der Waals surface area contributed by atoms with E-state index in [-0.39, 0.29) is 11.0 Å².